The molecule has 0 radical (unpaired) electrons. The third-order valence-electron chi connectivity index (χ3n) is 4.53. The fraction of sp³-hybridized carbons (Fsp3) is 0.316. The first-order chi connectivity index (χ1) is 13.2. The number of ether oxygens (including phenoxy) is 1. The average Bonchev–Trinajstić information content (AvgIpc) is 2.64. The second-order valence-electron chi connectivity index (χ2n) is 6.56. The van der Waals surface area contributed by atoms with Gasteiger partial charge in [0, 0.05) is 24.4 Å². The number of nitrogens with zero attached hydrogens (tertiary/aromatic N) is 1. The smallest absolute Gasteiger partial charge is 0.263 e. The van der Waals surface area contributed by atoms with Crippen LogP contribution >= 0.6 is 23.2 Å². The zero-order chi connectivity index (χ0) is 20.5. The lowest BCUT2D eigenvalue weighted by molar-refractivity contribution is -0.122. The van der Waals surface area contributed by atoms with Gasteiger partial charge in [0.15, 0.2) is 0 Å². The molecule has 0 fully saturated rings. The summed E-state index contributed by atoms with van der Waals surface area (Å²) in [5.74, 6) is -0.167. The summed E-state index contributed by atoms with van der Waals surface area (Å²) in [6.45, 7) is 2.23. The van der Waals surface area contributed by atoms with Crippen molar-refractivity contribution >= 4 is 50.5 Å². The highest BCUT2D eigenvalue weighted by Gasteiger charge is 2.24. The quantitative estimate of drug-likeness (QED) is 0.757. The number of hydrogen-bond acceptors (Lipinski definition) is 4. The topological polar surface area (TPSA) is 75.7 Å². The van der Waals surface area contributed by atoms with E-state index < -0.39 is 10.0 Å². The van der Waals surface area contributed by atoms with Gasteiger partial charge >= 0.3 is 0 Å². The van der Waals surface area contributed by atoms with Crippen LogP contribution in [0.1, 0.15) is 17.5 Å². The van der Waals surface area contributed by atoms with Gasteiger partial charge in [0.05, 0.1) is 10.7 Å². The molecule has 150 valence electrons. The van der Waals surface area contributed by atoms with Crippen molar-refractivity contribution < 1.29 is 17.9 Å². The number of rotatable bonds is 5. The van der Waals surface area contributed by atoms with Crippen molar-refractivity contribution in [2.24, 2.45) is 0 Å². The first-order valence-electron chi connectivity index (χ1n) is 8.63. The van der Waals surface area contributed by atoms with Gasteiger partial charge in [-0.3, -0.25) is 9.52 Å². The Morgan fingerprint density at radius 1 is 1.21 bits per heavy atom. The van der Waals surface area contributed by atoms with Gasteiger partial charge in [-0.15, -0.1) is 0 Å². The minimum Gasteiger partial charge on any atom is -0.375 e. The molecule has 28 heavy (non-hydrogen) atoms. The maximum atomic E-state index is 12.8. The molecule has 1 aliphatic heterocycles. The van der Waals surface area contributed by atoms with Crippen molar-refractivity contribution in [1.29, 1.82) is 0 Å². The van der Waals surface area contributed by atoms with E-state index in [4.69, 9.17) is 27.9 Å². The SMILES string of the molecule is COCC(=O)N1CCCc2ccc(NS(=O)(=O)c3cc(C)c(Cl)cc3Cl)cc21. The second kappa shape index (κ2) is 8.29. The maximum absolute atomic E-state index is 12.8. The Morgan fingerprint density at radius 2 is 1.96 bits per heavy atom. The fourth-order valence-electron chi connectivity index (χ4n) is 3.15. The molecule has 0 unspecified atom stereocenters. The molecule has 0 spiro atoms. The van der Waals surface area contributed by atoms with Crippen LogP contribution in [0, 0.1) is 6.92 Å². The van der Waals surface area contributed by atoms with E-state index >= 15 is 0 Å². The molecule has 0 bridgehead atoms. The molecule has 1 amide bonds. The summed E-state index contributed by atoms with van der Waals surface area (Å²) in [6.07, 6.45) is 1.66. The maximum Gasteiger partial charge on any atom is 0.263 e. The van der Waals surface area contributed by atoms with Gasteiger partial charge in [0.25, 0.3) is 15.9 Å². The number of methoxy groups -OCH3 is 1. The number of hydrogen-bond donors (Lipinski definition) is 1. The zero-order valence-corrected chi connectivity index (χ0v) is 17.8. The molecule has 1 aliphatic rings. The van der Waals surface area contributed by atoms with Crippen LogP contribution in [0.2, 0.25) is 10.0 Å². The van der Waals surface area contributed by atoms with E-state index in [1.165, 1.54) is 19.2 Å². The third-order valence-corrected chi connectivity index (χ3v) is 6.78. The number of anilines is 2. The van der Waals surface area contributed by atoms with Crippen molar-refractivity contribution in [3.05, 3.63) is 51.5 Å². The van der Waals surface area contributed by atoms with Gasteiger partial charge in [-0.1, -0.05) is 29.3 Å². The van der Waals surface area contributed by atoms with Crippen LogP contribution < -0.4 is 9.62 Å². The highest BCUT2D eigenvalue weighted by molar-refractivity contribution is 7.92. The number of nitrogens with one attached hydrogen (secondary N) is 1. The van der Waals surface area contributed by atoms with Crippen molar-refractivity contribution in [2.45, 2.75) is 24.7 Å². The fourth-order valence-corrected chi connectivity index (χ4v) is 5.03. The minimum atomic E-state index is -3.93. The van der Waals surface area contributed by atoms with E-state index in [-0.39, 0.29) is 22.4 Å². The first-order valence-corrected chi connectivity index (χ1v) is 10.9. The molecule has 6 nitrogen and oxygen atoms in total. The zero-order valence-electron chi connectivity index (χ0n) is 15.5. The van der Waals surface area contributed by atoms with E-state index in [0.717, 1.165) is 18.4 Å². The van der Waals surface area contributed by atoms with Gasteiger partial charge < -0.3 is 9.64 Å². The number of halogens is 2. The predicted molar refractivity (Wildman–Crippen MR) is 111 cm³/mol. The summed E-state index contributed by atoms with van der Waals surface area (Å²) >= 11 is 12.1. The molecule has 0 aromatic heterocycles. The first kappa shape index (κ1) is 20.9. The summed E-state index contributed by atoms with van der Waals surface area (Å²) in [6, 6.07) is 8.01. The van der Waals surface area contributed by atoms with E-state index in [9.17, 15) is 13.2 Å². The molecule has 1 heterocycles. The summed E-state index contributed by atoms with van der Waals surface area (Å²) in [4.78, 5) is 13.9. The molecule has 1 N–H and O–H groups in total. The number of amides is 1. The molecule has 0 saturated heterocycles. The Kier molecular flexibility index (Phi) is 6.19. The molecule has 9 heteroatoms. The Balaban J connectivity index is 1.94. The van der Waals surface area contributed by atoms with Crippen LogP contribution in [-0.2, 0) is 26.0 Å². The Hall–Kier alpha value is -1.80. The summed E-state index contributed by atoms with van der Waals surface area (Å²) < 4.78 is 33.2. The highest BCUT2D eigenvalue weighted by Crippen LogP contribution is 2.33. The number of carbonyl (C=O) groups excluding carboxylic acids is 1. The lowest BCUT2D eigenvalue weighted by atomic mass is 10.0. The van der Waals surface area contributed by atoms with Crippen LogP contribution in [0.4, 0.5) is 11.4 Å². The Morgan fingerprint density at radius 3 is 2.68 bits per heavy atom. The summed E-state index contributed by atoms with van der Waals surface area (Å²) in [7, 11) is -2.46. The minimum absolute atomic E-state index is 0.0327. The largest absolute Gasteiger partial charge is 0.375 e. The van der Waals surface area contributed by atoms with Crippen LogP contribution in [0.15, 0.2) is 35.2 Å². The van der Waals surface area contributed by atoms with Crippen molar-refractivity contribution in [2.75, 3.05) is 29.9 Å². The monoisotopic (exact) mass is 442 g/mol. The van der Waals surface area contributed by atoms with Gasteiger partial charge in [-0.05, 0) is 55.2 Å². The van der Waals surface area contributed by atoms with Crippen LogP contribution in [-0.4, -0.2) is 34.6 Å². The number of benzene rings is 2. The Bertz CT molecular complexity index is 1020. The third kappa shape index (κ3) is 4.27. The van der Waals surface area contributed by atoms with Crippen molar-refractivity contribution in [3.63, 3.8) is 0 Å². The van der Waals surface area contributed by atoms with Gasteiger partial charge in [-0.25, -0.2) is 8.42 Å². The van der Waals surface area contributed by atoms with E-state index in [0.29, 0.717) is 28.5 Å². The van der Waals surface area contributed by atoms with Gasteiger partial charge in [0.2, 0.25) is 0 Å². The summed E-state index contributed by atoms with van der Waals surface area (Å²) in [5, 5.41) is 0.433. The molecular weight excluding hydrogens is 423 g/mol. The average molecular weight is 443 g/mol. The number of aryl methyl sites for hydroxylation is 2. The predicted octanol–water partition coefficient (Wildman–Crippen LogP) is 4.03. The molecule has 0 aliphatic carbocycles. The van der Waals surface area contributed by atoms with Crippen molar-refractivity contribution in [3.8, 4) is 0 Å². The normalized spacial score (nSPS) is 13.9. The second-order valence-corrected chi connectivity index (χ2v) is 9.03. The van der Waals surface area contributed by atoms with E-state index in [2.05, 4.69) is 4.72 Å². The number of fused-ring (bicyclic) bond motifs is 1. The standard InChI is InChI=1S/C19H20Cl2N2O4S/c1-12-8-18(16(21)10-15(12)20)28(25,26)22-14-6-5-13-4-3-7-23(17(13)9-14)19(24)11-27-2/h5-6,8-10,22H,3-4,7,11H2,1-2H3. The lowest BCUT2D eigenvalue weighted by Crippen LogP contribution is -2.37. The summed E-state index contributed by atoms with van der Waals surface area (Å²) in [5.41, 5.74) is 2.62. The van der Waals surface area contributed by atoms with Gasteiger partial charge in [-0.2, -0.15) is 0 Å². The molecule has 2 aromatic carbocycles. The molecule has 0 atom stereocenters. The number of sulfonamides is 1. The highest BCUT2D eigenvalue weighted by atomic mass is 35.5. The van der Waals surface area contributed by atoms with Crippen molar-refractivity contribution in [1.82, 2.24) is 0 Å². The lowest BCUT2D eigenvalue weighted by Gasteiger charge is -2.30. The molecule has 2 aromatic rings. The number of carbonyl (C=O) groups is 1. The van der Waals surface area contributed by atoms with Gasteiger partial charge in [0.1, 0.15) is 11.5 Å². The molecule has 0 saturated carbocycles. The Labute approximate surface area is 174 Å². The van der Waals surface area contributed by atoms with Crippen LogP contribution in [0.25, 0.3) is 0 Å². The molecule has 3 rings (SSSR count). The van der Waals surface area contributed by atoms with Crippen LogP contribution in [0.3, 0.4) is 0 Å². The molecular formula is C19H20Cl2N2O4S. The van der Waals surface area contributed by atoms with E-state index in [1.54, 1.807) is 24.0 Å². The van der Waals surface area contributed by atoms with E-state index in [1.807, 2.05) is 6.07 Å². The van der Waals surface area contributed by atoms with Crippen LogP contribution in [0.5, 0.6) is 0 Å².